The van der Waals surface area contributed by atoms with E-state index in [4.69, 9.17) is 4.74 Å². The third-order valence-corrected chi connectivity index (χ3v) is 4.63. The largest absolute Gasteiger partial charge is 0.459 e. The maximum atomic E-state index is 11.8. The topological polar surface area (TPSA) is 87.0 Å². The molecule has 3 N–H and O–H groups in total. The molecular weight excluding hydrogens is 344 g/mol. The van der Waals surface area contributed by atoms with Crippen LogP contribution in [-0.4, -0.2) is 39.1 Å². The Bertz CT molecular complexity index is 637. The first-order valence-corrected chi connectivity index (χ1v) is 9.49. The fraction of sp³-hybridized carbons (Fsp3) is 0.591. The number of hydrogen-bond donors (Lipinski definition) is 3. The quantitative estimate of drug-likeness (QED) is 0.423. The highest BCUT2D eigenvalue weighted by molar-refractivity contribution is 6.02. The van der Waals surface area contributed by atoms with E-state index in [1.54, 1.807) is 25.2 Å². The SMILES string of the molecule is CC1=C(C[C@H](O)/C=C/C=C/[C@@H](C)[C@@H](O)/C(C)=C\CC(C)C)O[C@@](C)(O)C1=O. The van der Waals surface area contributed by atoms with Crippen LogP contribution >= 0.6 is 0 Å². The lowest BCUT2D eigenvalue weighted by molar-refractivity contribution is -0.171. The predicted molar refractivity (Wildman–Crippen MR) is 107 cm³/mol. The van der Waals surface area contributed by atoms with E-state index < -0.39 is 23.8 Å². The summed E-state index contributed by atoms with van der Waals surface area (Å²) >= 11 is 0. The minimum Gasteiger partial charge on any atom is -0.459 e. The third-order valence-electron chi connectivity index (χ3n) is 4.63. The van der Waals surface area contributed by atoms with Crippen molar-refractivity contribution >= 4 is 5.78 Å². The smallest absolute Gasteiger partial charge is 0.269 e. The van der Waals surface area contributed by atoms with E-state index in [0.717, 1.165) is 12.0 Å². The normalized spacial score (nSPS) is 25.0. The number of aliphatic hydroxyl groups excluding tert-OH is 2. The molecule has 0 saturated carbocycles. The van der Waals surface area contributed by atoms with E-state index >= 15 is 0 Å². The zero-order valence-electron chi connectivity index (χ0n) is 17.3. The Kier molecular flexibility index (Phi) is 8.66. The van der Waals surface area contributed by atoms with Gasteiger partial charge in [0.25, 0.3) is 5.79 Å². The van der Waals surface area contributed by atoms with Crippen LogP contribution in [0.3, 0.4) is 0 Å². The molecule has 0 aromatic rings. The van der Waals surface area contributed by atoms with Crippen molar-refractivity contribution in [2.45, 2.75) is 72.4 Å². The molecule has 152 valence electrons. The van der Waals surface area contributed by atoms with Crippen LogP contribution in [0.15, 0.2) is 47.3 Å². The Labute approximate surface area is 162 Å². The molecule has 1 aliphatic heterocycles. The number of hydrogen-bond acceptors (Lipinski definition) is 5. The molecule has 1 aliphatic rings. The number of aliphatic hydroxyl groups is 3. The summed E-state index contributed by atoms with van der Waals surface area (Å²) in [6.45, 7) is 11.0. The summed E-state index contributed by atoms with van der Waals surface area (Å²) in [5, 5.41) is 30.2. The summed E-state index contributed by atoms with van der Waals surface area (Å²) in [4.78, 5) is 11.8. The molecule has 0 saturated heterocycles. The summed E-state index contributed by atoms with van der Waals surface area (Å²) in [5.41, 5.74) is 1.30. The Morgan fingerprint density at radius 2 is 1.78 bits per heavy atom. The highest BCUT2D eigenvalue weighted by Crippen LogP contribution is 2.30. The Morgan fingerprint density at radius 3 is 2.30 bits per heavy atom. The molecule has 0 radical (unpaired) electrons. The van der Waals surface area contributed by atoms with Crippen molar-refractivity contribution in [3.8, 4) is 0 Å². The zero-order chi connectivity index (χ0) is 20.8. The van der Waals surface area contributed by atoms with Crippen molar-refractivity contribution in [3.63, 3.8) is 0 Å². The van der Waals surface area contributed by atoms with Gasteiger partial charge in [0, 0.05) is 24.8 Å². The van der Waals surface area contributed by atoms with Crippen LogP contribution < -0.4 is 0 Å². The minimum atomic E-state index is -1.84. The fourth-order valence-electron chi connectivity index (χ4n) is 2.78. The van der Waals surface area contributed by atoms with Gasteiger partial charge in [-0.25, -0.2) is 0 Å². The van der Waals surface area contributed by atoms with Gasteiger partial charge in [0.1, 0.15) is 5.76 Å². The molecule has 0 unspecified atom stereocenters. The summed E-state index contributed by atoms with van der Waals surface area (Å²) in [6, 6.07) is 0. The van der Waals surface area contributed by atoms with E-state index in [1.807, 2.05) is 19.9 Å². The van der Waals surface area contributed by atoms with Gasteiger partial charge >= 0.3 is 0 Å². The van der Waals surface area contributed by atoms with Gasteiger partial charge in [0.05, 0.1) is 12.2 Å². The molecule has 5 nitrogen and oxygen atoms in total. The van der Waals surface area contributed by atoms with E-state index in [1.165, 1.54) is 6.92 Å². The molecule has 27 heavy (non-hydrogen) atoms. The molecular formula is C22H34O5. The maximum absolute atomic E-state index is 11.8. The van der Waals surface area contributed by atoms with Crippen LogP contribution in [0.25, 0.3) is 0 Å². The molecule has 0 spiro atoms. The van der Waals surface area contributed by atoms with Crippen molar-refractivity contribution < 1.29 is 24.9 Å². The maximum Gasteiger partial charge on any atom is 0.269 e. The molecule has 0 aromatic heterocycles. The number of allylic oxidation sites excluding steroid dienone is 3. The van der Waals surface area contributed by atoms with Gasteiger partial charge in [-0.1, -0.05) is 51.2 Å². The van der Waals surface area contributed by atoms with Crippen LogP contribution in [0.2, 0.25) is 0 Å². The Balaban J connectivity index is 2.55. The van der Waals surface area contributed by atoms with Crippen LogP contribution in [-0.2, 0) is 9.53 Å². The van der Waals surface area contributed by atoms with Gasteiger partial charge in [-0.2, -0.15) is 0 Å². The predicted octanol–water partition coefficient (Wildman–Crippen LogP) is 3.42. The van der Waals surface area contributed by atoms with Crippen molar-refractivity contribution in [3.05, 3.63) is 47.3 Å². The molecule has 0 aliphatic carbocycles. The summed E-state index contributed by atoms with van der Waals surface area (Å²) in [5.74, 6) is -1.50. The van der Waals surface area contributed by atoms with Crippen molar-refractivity contribution in [1.29, 1.82) is 0 Å². The average Bonchev–Trinajstić information content (AvgIpc) is 2.78. The van der Waals surface area contributed by atoms with E-state index in [9.17, 15) is 20.1 Å². The standard InChI is InChI=1S/C22H34O5/c1-14(2)11-12-16(4)20(24)15(3)9-7-8-10-18(23)13-19-17(5)21(25)22(6,26)27-19/h7-10,12,14-15,18,20,23-24,26H,11,13H2,1-6H3/b9-7+,10-8+,16-12-/t15-,18-,20-,22-/m1/s1. The van der Waals surface area contributed by atoms with Gasteiger partial charge in [-0.3, -0.25) is 4.79 Å². The van der Waals surface area contributed by atoms with Gasteiger partial charge in [-0.15, -0.1) is 0 Å². The van der Waals surface area contributed by atoms with E-state index in [-0.39, 0.29) is 12.3 Å². The van der Waals surface area contributed by atoms with Crippen molar-refractivity contribution in [1.82, 2.24) is 0 Å². The summed E-state index contributed by atoms with van der Waals surface area (Å²) in [7, 11) is 0. The fourth-order valence-corrected chi connectivity index (χ4v) is 2.78. The van der Waals surface area contributed by atoms with Crippen LogP contribution in [0.4, 0.5) is 0 Å². The highest BCUT2D eigenvalue weighted by atomic mass is 16.6. The minimum absolute atomic E-state index is 0.0500. The van der Waals surface area contributed by atoms with Crippen LogP contribution in [0.1, 0.15) is 54.4 Å². The molecule has 0 amide bonds. The number of carbonyl (C=O) groups excluding carboxylic acids is 1. The van der Waals surface area contributed by atoms with E-state index in [2.05, 4.69) is 19.9 Å². The first kappa shape index (κ1) is 23.3. The molecule has 4 atom stereocenters. The molecule has 0 fully saturated rings. The summed E-state index contributed by atoms with van der Waals surface area (Å²) < 4.78 is 5.22. The second-order valence-corrected chi connectivity index (χ2v) is 7.89. The van der Waals surface area contributed by atoms with E-state index in [0.29, 0.717) is 17.3 Å². The molecule has 1 heterocycles. The second-order valence-electron chi connectivity index (χ2n) is 7.89. The lowest BCUT2D eigenvalue weighted by Crippen LogP contribution is -2.32. The van der Waals surface area contributed by atoms with Crippen molar-refractivity contribution in [2.24, 2.45) is 11.8 Å². The number of carbonyl (C=O) groups is 1. The average molecular weight is 379 g/mol. The van der Waals surface area contributed by atoms with Crippen LogP contribution in [0.5, 0.6) is 0 Å². The van der Waals surface area contributed by atoms with Gasteiger partial charge in [0.2, 0.25) is 5.78 Å². The van der Waals surface area contributed by atoms with Gasteiger partial charge in [-0.05, 0) is 31.8 Å². The number of ether oxygens (including phenoxy) is 1. The lowest BCUT2D eigenvalue weighted by atomic mass is 9.96. The first-order valence-electron chi connectivity index (χ1n) is 9.49. The molecule has 5 heteroatoms. The van der Waals surface area contributed by atoms with Crippen LogP contribution in [0, 0.1) is 11.8 Å². The highest BCUT2D eigenvalue weighted by Gasteiger charge is 2.42. The number of rotatable bonds is 9. The number of Topliss-reactive ketones (excluding diaryl/α,β-unsaturated/α-hetero) is 1. The third kappa shape index (κ3) is 7.09. The second kappa shape index (κ2) is 10.0. The zero-order valence-corrected chi connectivity index (χ0v) is 17.3. The van der Waals surface area contributed by atoms with Gasteiger partial charge in [0.15, 0.2) is 0 Å². The first-order chi connectivity index (χ1) is 12.5. The Hall–Kier alpha value is -1.69. The molecule has 0 aromatic carbocycles. The van der Waals surface area contributed by atoms with Gasteiger partial charge < -0.3 is 20.1 Å². The summed E-state index contributed by atoms with van der Waals surface area (Å²) in [6.07, 6.45) is 8.71. The van der Waals surface area contributed by atoms with Crippen molar-refractivity contribution in [2.75, 3.05) is 0 Å². The lowest BCUT2D eigenvalue weighted by Gasteiger charge is -2.17. The molecule has 0 bridgehead atoms. The molecule has 1 rings (SSSR count). The Morgan fingerprint density at radius 1 is 1.19 bits per heavy atom. The number of ketones is 1. The monoisotopic (exact) mass is 378 g/mol.